The van der Waals surface area contributed by atoms with E-state index in [9.17, 15) is 5.48 Å². The molecule has 0 amide bonds. The maximum Gasteiger partial charge on any atom is 0.0629 e. The highest BCUT2D eigenvalue weighted by molar-refractivity contribution is 6.25. The fourth-order valence-corrected chi connectivity index (χ4v) is 7.50. The molecular weight excluding hydrogens is 601 g/mol. The van der Waals surface area contributed by atoms with Crippen LogP contribution in [0.15, 0.2) is 194 Å². The number of hydrogen-bond acceptors (Lipinski definition) is 0. The van der Waals surface area contributed by atoms with Gasteiger partial charge in [0.2, 0.25) is 0 Å². The van der Waals surface area contributed by atoms with Crippen LogP contribution in [0.25, 0.3) is 98.4 Å². The summed E-state index contributed by atoms with van der Waals surface area (Å²) in [5.41, 5.74) is 3.75. The summed E-state index contributed by atoms with van der Waals surface area (Å²) in [5.74, 6) is 0. The average Bonchev–Trinajstić information content (AvgIpc) is 3.31. The summed E-state index contributed by atoms with van der Waals surface area (Å²) in [6, 6.07) is 29.9. The molecule has 0 radical (unpaired) electrons. The lowest BCUT2D eigenvalue weighted by atomic mass is 9.83. The van der Waals surface area contributed by atoms with Crippen molar-refractivity contribution in [3.63, 3.8) is 0 Å². The Balaban J connectivity index is 1.35. The topological polar surface area (TPSA) is 0 Å². The minimum Gasteiger partial charge on any atom is -0.0622 e. The van der Waals surface area contributed by atoms with Gasteiger partial charge < -0.3 is 0 Å². The van der Waals surface area contributed by atoms with Crippen LogP contribution < -0.4 is 0 Å². The van der Waals surface area contributed by atoms with Crippen LogP contribution in [-0.4, -0.2) is 0 Å². The Bertz CT molecular complexity index is 3550. The molecular formula is C50H32. The number of rotatable bonds is 4. The monoisotopic (exact) mass is 645 g/mol. The van der Waals surface area contributed by atoms with Gasteiger partial charge in [-0.15, -0.1) is 0 Å². The molecule has 0 aromatic heterocycles. The molecule has 0 spiro atoms. The van der Waals surface area contributed by atoms with Gasteiger partial charge in [0.05, 0.1) is 17.8 Å². The van der Waals surface area contributed by atoms with Gasteiger partial charge in [0, 0.05) is 0 Å². The molecule has 0 heterocycles. The molecule has 0 aliphatic heterocycles. The van der Waals surface area contributed by atoms with E-state index < -0.39 is 84.1 Å². The molecule has 10 aromatic carbocycles. The van der Waals surface area contributed by atoms with Gasteiger partial charge in [0.15, 0.2) is 0 Å². The third-order valence-electron chi connectivity index (χ3n) is 9.61. The van der Waals surface area contributed by atoms with Gasteiger partial charge in [-0.2, -0.15) is 0 Å². The van der Waals surface area contributed by atoms with Crippen molar-refractivity contribution in [2.45, 2.75) is 0 Å². The number of benzene rings is 10. The molecule has 0 saturated carbocycles. The summed E-state index contributed by atoms with van der Waals surface area (Å²) in [7, 11) is 0. The molecule has 0 aliphatic rings. The van der Waals surface area contributed by atoms with E-state index in [1.807, 2.05) is 60.7 Å². The van der Waals surface area contributed by atoms with Crippen LogP contribution >= 0.6 is 0 Å². The molecule has 232 valence electrons. The Labute approximate surface area is 309 Å². The van der Waals surface area contributed by atoms with E-state index in [0.29, 0.717) is 10.9 Å². The van der Waals surface area contributed by atoms with Crippen LogP contribution in [0.1, 0.15) is 17.8 Å². The standard InChI is InChI=1S/C50H32/c1-3-15-33(16-4-1)35-25-13-26-37-38-27-14-28-39(42(38)30-29-41(35)37)43-31-32-48(40-20-8-7-19-36(40)43)50-46-23-11-9-21-44(46)49(34-17-5-2-6-18-34)45-22-10-12-24-47(45)50/h1-32H/i2D,5D,6D,9D,10D,11D,12D,17D,18D,21D,22D,23D,24D. The van der Waals surface area contributed by atoms with Gasteiger partial charge >= 0.3 is 0 Å². The Morgan fingerprint density at radius 3 is 1.32 bits per heavy atom. The number of hydrogen-bond donors (Lipinski definition) is 0. The van der Waals surface area contributed by atoms with Gasteiger partial charge in [0.1, 0.15) is 0 Å². The van der Waals surface area contributed by atoms with Crippen LogP contribution in [0.5, 0.6) is 0 Å². The lowest BCUT2D eigenvalue weighted by molar-refractivity contribution is 1.65. The first-order chi connectivity index (χ1) is 30.2. The molecule has 0 saturated heterocycles. The average molecular weight is 646 g/mol. The predicted octanol–water partition coefficient (Wildman–Crippen LogP) is 14.1. The lowest BCUT2D eigenvalue weighted by Gasteiger charge is -2.20. The van der Waals surface area contributed by atoms with E-state index in [0.717, 1.165) is 49.2 Å². The second kappa shape index (κ2) is 11.6. The Kier molecular flexibility index (Phi) is 4.24. The van der Waals surface area contributed by atoms with Crippen molar-refractivity contribution in [1.29, 1.82) is 0 Å². The summed E-state index contributed by atoms with van der Waals surface area (Å²) in [4.78, 5) is 0. The van der Waals surface area contributed by atoms with E-state index in [1.54, 1.807) is 6.07 Å². The van der Waals surface area contributed by atoms with E-state index in [1.165, 1.54) is 0 Å². The maximum atomic E-state index is 9.43. The fourth-order valence-electron chi connectivity index (χ4n) is 7.50. The third-order valence-corrected chi connectivity index (χ3v) is 9.61. The van der Waals surface area contributed by atoms with Crippen molar-refractivity contribution < 1.29 is 17.8 Å². The summed E-state index contributed by atoms with van der Waals surface area (Å²) in [5, 5.41) is 4.89. The van der Waals surface area contributed by atoms with E-state index in [2.05, 4.69) is 48.5 Å². The SMILES string of the molecule is [2H]c1c([2H])c([2H])c(-c2c3c([2H])c([2H])c([2H])c([2H])c3c(-c3ccc(-c4cccc5c4ccc4c(-c6ccccc6)cccc45)c4ccccc34)c3c([2H])c([2H])c([2H])c([2H])c23)c([2H])c1[2H]. The molecule has 0 fully saturated rings. The summed E-state index contributed by atoms with van der Waals surface area (Å²) in [6.07, 6.45) is 0. The molecule has 10 aromatic rings. The largest absolute Gasteiger partial charge is 0.0629 e. The van der Waals surface area contributed by atoms with Crippen molar-refractivity contribution >= 4 is 53.9 Å². The second-order valence-electron chi connectivity index (χ2n) is 12.2. The summed E-state index contributed by atoms with van der Waals surface area (Å²) in [6.45, 7) is 0. The Morgan fingerprint density at radius 1 is 0.240 bits per heavy atom. The Morgan fingerprint density at radius 2 is 0.680 bits per heavy atom. The molecule has 50 heavy (non-hydrogen) atoms. The van der Waals surface area contributed by atoms with Gasteiger partial charge in [-0.3, -0.25) is 0 Å². The van der Waals surface area contributed by atoms with Crippen LogP contribution in [0.3, 0.4) is 0 Å². The van der Waals surface area contributed by atoms with Crippen molar-refractivity contribution in [3.05, 3.63) is 194 Å². The van der Waals surface area contributed by atoms with E-state index in [4.69, 9.17) is 12.3 Å². The minimum atomic E-state index is -0.710. The molecule has 0 nitrogen and oxygen atoms in total. The van der Waals surface area contributed by atoms with Gasteiger partial charge in [0.25, 0.3) is 0 Å². The molecule has 0 heteroatoms. The molecule has 0 aliphatic carbocycles. The zero-order chi connectivity index (χ0) is 44.3. The zero-order valence-corrected chi connectivity index (χ0v) is 26.5. The van der Waals surface area contributed by atoms with Crippen molar-refractivity contribution in [3.8, 4) is 44.5 Å². The van der Waals surface area contributed by atoms with Crippen LogP contribution in [0, 0.1) is 0 Å². The quantitative estimate of drug-likeness (QED) is 0.132. The van der Waals surface area contributed by atoms with Crippen molar-refractivity contribution in [1.82, 2.24) is 0 Å². The van der Waals surface area contributed by atoms with Crippen molar-refractivity contribution in [2.24, 2.45) is 0 Å². The molecule has 0 bridgehead atoms. The van der Waals surface area contributed by atoms with Gasteiger partial charge in [-0.25, -0.2) is 0 Å². The first-order valence-electron chi connectivity index (χ1n) is 22.8. The predicted molar refractivity (Wildman–Crippen MR) is 216 cm³/mol. The van der Waals surface area contributed by atoms with Gasteiger partial charge in [-0.05, 0) is 98.4 Å². The normalized spacial score (nSPS) is 15.2. The molecule has 0 unspecified atom stereocenters. The molecule has 0 N–H and O–H groups in total. The van der Waals surface area contributed by atoms with E-state index >= 15 is 0 Å². The summed E-state index contributed by atoms with van der Waals surface area (Å²) >= 11 is 0. The molecule has 10 rings (SSSR count). The first kappa shape index (κ1) is 18.3. The zero-order valence-electron chi connectivity index (χ0n) is 39.5. The van der Waals surface area contributed by atoms with Crippen LogP contribution in [0.4, 0.5) is 0 Å². The highest BCUT2D eigenvalue weighted by atomic mass is 14.2. The summed E-state index contributed by atoms with van der Waals surface area (Å²) < 4.78 is 116. The minimum absolute atomic E-state index is 0.0928. The Hall–Kier alpha value is -6.50. The maximum absolute atomic E-state index is 9.43. The number of fused-ring (bicyclic) bond motifs is 6. The third kappa shape index (κ3) is 4.39. The van der Waals surface area contributed by atoms with Crippen LogP contribution in [-0.2, 0) is 0 Å². The molecule has 0 atom stereocenters. The lowest BCUT2D eigenvalue weighted by Crippen LogP contribution is -1.92. The first-order valence-corrected chi connectivity index (χ1v) is 16.3. The fraction of sp³-hybridized carbons (Fsp3) is 0. The van der Waals surface area contributed by atoms with Gasteiger partial charge in [-0.1, -0.05) is 194 Å². The smallest absolute Gasteiger partial charge is 0.0622 e. The second-order valence-corrected chi connectivity index (χ2v) is 12.2. The van der Waals surface area contributed by atoms with Crippen LogP contribution in [0.2, 0.25) is 0 Å². The van der Waals surface area contributed by atoms with E-state index in [-0.39, 0.29) is 32.7 Å². The highest BCUT2D eigenvalue weighted by Crippen LogP contribution is 2.47. The van der Waals surface area contributed by atoms with Crippen molar-refractivity contribution in [2.75, 3.05) is 0 Å². The highest BCUT2D eigenvalue weighted by Gasteiger charge is 2.19.